The van der Waals surface area contributed by atoms with E-state index in [1.807, 2.05) is 29.9 Å². The first kappa shape index (κ1) is 19.9. The number of aryl methyl sites for hydroxylation is 1. The molecule has 0 unspecified atom stereocenters. The Morgan fingerprint density at radius 3 is 2.56 bits per heavy atom. The highest BCUT2D eigenvalue weighted by Gasteiger charge is 2.28. The molecule has 2 aromatic rings. The van der Waals surface area contributed by atoms with Gasteiger partial charge in [-0.05, 0) is 32.1 Å². The van der Waals surface area contributed by atoms with Crippen molar-refractivity contribution < 1.29 is 4.74 Å². The maximum absolute atomic E-state index is 13.0. The number of nitrogens with zero attached hydrogens (tertiary/aromatic N) is 5. The maximum Gasteiger partial charge on any atom is 0.281 e. The van der Waals surface area contributed by atoms with Crippen LogP contribution in [0.5, 0.6) is 0 Å². The molecule has 0 amide bonds. The van der Waals surface area contributed by atoms with E-state index in [1.165, 1.54) is 0 Å². The number of fused-ring (bicyclic) bond motifs is 2. The van der Waals surface area contributed by atoms with Crippen LogP contribution in [0.1, 0.15) is 64.4 Å². The number of rotatable bonds is 4. The van der Waals surface area contributed by atoms with Crippen LogP contribution in [0.3, 0.4) is 0 Å². The minimum atomic E-state index is 0.0420. The van der Waals surface area contributed by atoms with Gasteiger partial charge >= 0.3 is 0 Å². The van der Waals surface area contributed by atoms with Crippen LogP contribution < -0.4 is 10.5 Å². The lowest BCUT2D eigenvalue weighted by Crippen LogP contribution is -2.27. The zero-order valence-corrected chi connectivity index (χ0v) is 17.4. The normalized spacial score (nSPS) is 17.3. The van der Waals surface area contributed by atoms with Crippen molar-refractivity contribution in [2.45, 2.75) is 66.3 Å². The Hall–Kier alpha value is -1.89. The van der Waals surface area contributed by atoms with Crippen LogP contribution in [-0.2, 0) is 11.3 Å². The van der Waals surface area contributed by atoms with Crippen LogP contribution >= 0.6 is 0 Å². The summed E-state index contributed by atoms with van der Waals surface area (Å²) in [6, 6.07) is 0. The highest BCUT2D eigenvalue weighted by Crippen LogP contribution is 2.28. The maximum atomic E-state index is 13.0. The summed E-state index contributed by atoms with van der Waals surface area (Å²) in [7, 11) is 0. The first-order chi connectivity index (χ1) is 13.1. The minimum absolute atomic E-state index is 0.0420. The largest absolute Gasteiger partial charge is 0.381 e. The number of imidazole rings is 1. The van der Waals surface area contributed by atoms with Crippen molar-refractivity contribution in [1.29, 1.82) is 0 Å². The van der Waals surface area contributed by atoms with E-state index in [-0.39, 0.29) is 5.56 Å². The monoisotopic (exact) mass is 375 g/mol. The van der Waals surface area contributed by atoms with Gasteiger partial charge in [-0.15, -0.1) is 5.10 Å². The summed E-state index contributed by atoms with van der Waals surface area (Å²) in [5.74, 6) is 2.67. The molecule has 1 saturated heterocycles. The molecule has 7 heteroatoms. The standard InChI is InChI=1S/C18H27N5O2.C2H6/c1-12(2)4-7-21-8-9-22-17(24)15-13(3)19-16(23(15)20-18(21)22)14-5-10-25-11-6-14;1-2/h12,14H,4-11H2,1-3H3;1-2H3. The molecule has 2 aliphatic rings. The highest BCUT2D eigenvalue weighted by molar-refractivity contribution is 5.53. The van der Waals surface area contributed by atoms with Crippen LogP contribution in [0, 0.1) is 12.8 Å². The number of ether oxygens (including phenoxy) is 1. The molecule has 0 N–H and O–H groups in total. The van der Waals surface area contributed by atoms with Crippen molar-refractivity contribution in [2.24, 2.45) is 5.92 Å². The van der Waals surface area contributed by atoms with Gasteiger partial charge in [0.2, 0.25) is 5.95 Å². The summed E-state index contributed by atoms with van der Waals surface area (Å²) in [5, 5.41) is 4.87. The number of aromatic nitrogens is 4. The molecule has 4 rings (SSSR count). The van der Waals surface area contributed by atoms with Crippen molar-refractivity contribution in [1.82, 2.24) is 19.2 Å². The second kappa shape index (κ2) is 8.42. The lowest BCUT2D eigenvalue weighted by atomic mass is 10.00. The molecule has 1 fully saturated rings. The average molecular weight is 376 g/mol. The molecule has 0 atom stereocenters. The van der Waals surface area contributed by atoms with E-state index in [2.05, 4.69) is 18.7 Å². The lowest BCUT2D eigenvalue weighted by molar-refractivity contribution is 0.0832. The summed E-state index contributed by atoms with van der Waals surface area (Å²) < 4.78 is 9.12. The zero-order valence-electron chi connectivity index (χ0n) is 17.4. The molecule has 7 nitrogen and oxygen atoms in total. The predicted molar refractivity (Wildman–Crippen MR) is 108 cm³/mol. The van der Waals surface area contributed by atoms with Gasteiger partial charge in [-0.3, -0.25) is 9.36 Å². The molecule has 0 aliphatic carbocycles. The Morgan fingerprint density at radius 1 is 1.19 bits per heavy atom. The first-order valence-electron chi connectivity index (χ1n) is 10.4. The molecule has 0 spiro atoms. The first-order valence-corrected chi connectivity index (χ1v) is 10.4. The van der Waals surface area contributed by atoms with Gasteiger partial charge in [-0.25, -0.2) is 9.50 Å². The Labute approximate surface area is 161 Å². The van der Waals surface area contributed by atoms with Crippen LogP contribution in [0.2, 0.25) is 0 Å². The Kier molecular flexibility index (Phi) is 6.19. The Balaban J connectivity index is 0.00000102. The molecule has 27 heavy (non-hydrogen) atoms. The number of anilines is 1. The second-order valence-corrected chi connectivity index (χ2v) is 7.63. The summed E-state index contributed by atoms with van der Waals surface area (Å²) >= 11 is 0. The number of hydrogen-bond donors (Lipinski definition) is 0. The topological polar surface area (TPSA) is 64.7 Å². The van der Waals surface area contributed by atoms with Crippen LogP contribution in [0.25, 0.3) is 5.52 Å². The van der Waals surface area contributed by atoms with E-state index in [1.54, 1.807) is 0 Å². The van der Waals surface area contributed by atoms with E-state index in [4.69, 9.17) is 14.8 Å². The summed E-state index contributed by atoms with van der Waals surface area (Å²) in [6.07, 6.45) is 2.98. The quantitative estimate of drug-likeness (QED) is 0.822. The number of hydrogen-bond acceptors (Lipinski definition) is 5. The Bertz CT molecular complexity index is 833. The third kappa shape index (κ3) is 3.74. The van der Waals surface area contributed by atoms with E-state index in [9.17, 15) is 4.79 Å². The summed E-state index contributed by atoms with van der Waals surface area (Å²) in [4.78, 5) is 20.0. The second-order valence-electron chi connectivity index (χ2n) is 7.63. The molecule has 0 aromatic carbocycles. The average Bonchev–Trinajstić information content (AvgIpc) is 3.24. The van der Waals surface area contributed by atoms with E-state index in [0.717, 1.165) is 63.0 Å². The fourth-order valence-corrected chi connectivity index (χ4v) is 3.85. The predicted octanol–water partition coefficient (Wildman–Crippen LogP) is 2.99. The van der Waals surface area contributed by atoms with E-state index in [0.29, 0.717) is 23.9 Å². The van der Waals surface area contributed by atoms with E-state index >= 15 is 0 Å². The minimum Gasteiger partial charge on any atom is -0.381 e. The van der Waals surface area contributed by atoms with Crippen LogP contribution in [-0.4, -0.2) is 45.5 Å². The fourth-order valence-electron chi connectivity index (χ4n) is 3.85. The van der Waals surface area contributed by atoms with Crippen molar-refractivity contribution in [3.05, 3.63) is 21.9 Å². The van der Waals surface area contributed by atoms with Gasteiger partial charge in [0.05, 0.1) is 5.69 Å². The van der Waals surface area contributed by atoms with Crippen molar-refractivity contribution in [3.63, 3.8) is 0 Å². The van der Waals surface area contributed by atoms with Gasteiger partial charge < -0.3 is 9.64 Å². The van der Waals surface area contributed by atoms with Crippen molar-refractivity contribution >= 4 is 11.5 Å². The van der Waals surface area contributed by atoms with E-state index < -0.39 is 0 Å². The Morgan fingerprint density at radius 2 is 1.89 bits per heavy atom. The van der Waals surface area contributed by atoms with Gasteiger partial charge in [0.25, 0.3) is 5.56 Å². The lowest BCUT2D eigenvalue weighted by Gasteiger charge is -2.21. The molecular formula is C20H33N5O2. The molecule has 0 bridgehead atoms. The van der Waals surface area contributed by atoms with Crippen molar-refractivity contribution in [3.8, 4) is 0 Å². The van der Waals surface area contributed by atoms with Crippen molar-refractivity contribution in [2.75, 3.05) is 31.2 Å². The third-order valence-corrected chi connectivity index (χ3v) is 5.37. The molecule has 150 valence electrons. The molecular weight excluding hydrogens is 342 g/mol. The summed E-state index contributed by atoms with van der Waals surface area (Å²) in [5.41, 5.74) is 1.46. The van der Waals surface area contributed by atoms with Gasteiger partial charge in [0, 0.05) is 38.8 Å². The zero-order chi connectivity index (χ0) is 19.6. The van der Waals surface area contributed by atoms with Gasteiger partial charge in [0.15, 0.2) is 5.52 Å². The molecule has 4 heterocycles. The van der Waals surface area contributed by atoms with Gasteiger partial charge in [0.1, 0.15) is 5.82 Å². The third-order valence-electron chi connectivity index (χ3n) is 5.37. The van der Waals surface area contributed by atoms with Crippen LogP contribution in [0.4, 0.5) is 5.95 Å². The molecule has 2 aliphatic heterocycles. The summed E-state index contributed by atoms with van der Waals surface area (Å²) in [6.45, 7) is 14.4. The van der Waals surface area contributed by atoms with Gasteiger partial charge in [-0.1, -0.05) is 27.7 Å². The molecule has 2 aromatic heterocycles. The van der Waals surface area contributed by atoms with Gasteiger partial charge in [-0.2, -0.15) is 0 Å². The smallest absolute Gasteiger partial charge is 0.281 e. The molecule has 0 saturated carbocycles. The molecule has 0 radical (unpaired) electrons. The SMILES string of the molecule is CC.Cc1nc(C2CCOCC2)n2nc3n(c(=O)c12)CCN3CCC(C)C. The van der Waals surface area contributed by atoms with Crippen LogP contribution in [0.15, 0.2) is 4.79 Å². The highest BCUT2D eigenvalue weighted by atomic mass is 16.5. The fraction of sp³-hybridized carbons (Fsp3) is 0.750.